The summed E-state index contributed by atoms with van der Waals surface area (Å²) in [6.07, 6.45) is 2.99. The molecule has 7 heteroatoms. The SMILES string of the molecule is N#CN1C[C@H]2CCN(C(=O)Nc3cc(Cl)ccc3F)[C@H]2C1. The molecule has 1 aromatic carbocycles. The van der Waals surface area contributed by atoms with Crippen molar-refractivity contribution in [2.45, 2.75) is 12.5 Å². The Morgan fingerprint density at radius 2 is 2.29 bits per heavy atom. The third-order valence-electron chi connectivity index (χ3n) is 4.12. The molecule has 0 unspecified atom stereocenters. The van der Waals surface area contributed by atoms with Crippen molar-refractivity contribution in [3.63, 3.8) is 0 Å². The van der Waals surface area contributed by atoms with Crippen LogP contribution in [0, 0.1) is 23.2 Å². The van der Waals surface area contributed by atoms with Crippen LogP contribution < -0.4 is 5.32 Å². The lowest BCUT2D eigenvalue weighted by Crippen LogP contribution is -2.41. The van der Waals surface area contributed by atoms with Gasteiger partial charge in [0.15, 0.2) is 6.19 Å². The molecular weight excluding hydrogens is 295 g/mol. The summed E-state index contributed by atoms with van der Waals surface area (Å²) in [5.41, 5.74) is 0.0751. The summed E-state index contributed by atoms with van der Waals surface area (Å²) < 4.78 is 13.7. The van der Waals surface area contributed by atoms with Crippen LogP contribution in [0.1, 0.15) is 6.42 Å². The minimum absolute atomic E-state index is 0.0203. The molecule has 0 spiro atoms. The molecular formula is C14H14ClFN4O. The number of nitrogens with one attached hydrogen (secondary N) is 1. The lowest BCUT2D eigenvalue weighted by atomic mass is 10.1. The van der Waals surface area contributed by atoms with E-state index in [1.54, 1.807) is 9.80 Å². The van der Waals surface area contributed by atoms with Crippen molar-refractivity contribution in [1.29, 1.82) is 5.26 Å². The first-order chi connectivity index (χ1) is 10.1. The number of amides is 2. The van der Waals surface area contributed by atoms with Crippen molar-refractivity contribution >= 4 is 23.3 Å². The first-order valence-corrected chi connectivity index (χ1v) is 7.13. The van der Waals surface area contributed by atoms with Crippen LogP contribution in [0.3, 0.4) is 0 Å². The molecule has 2 saturated heterocycles. The van der Waals surface area contributed by atoms with Crippen molar-refractivity contribution in [3.8, 4) is 6.19 Å². The number of benzene rings is 1. The Bertz CT molecular complexity index is 617. The number of hydrogen-bond acceptors (Lipinski definition) is 3. The highest BCUT2D eigenvalue weighted by molar-refractivity contribution is 6.30. The summed E-state index contributed by atoms with van der Waals surface area (Å²) in [4.78, 5) is 15.7. The molecule has 110 valence electrons. The van der Waals surface area contributed by atoms with Gasteiger partial charge in [0.2, 0.25) is 0 Å². The Balaban J connectivity index is 1.72. The van der Waals surface area contributed by atoms with Crippen LogP contribution in [0.15, 0.2) is 18.2 Å². The standard InChI is InChI=1S/C14H14ClFN4O/c15-10-1-2-11(16)12(5-10)18-14(21)20-4-3-9-6-19(8-17)7-13(9)20/h1-2,5,9,13H,3-4,6-7H2,(H,18,21)/t9-,13+/m1/s1. The molecule has 2 fully saturated rings. The highest BCUT2D eigenvalue weighted by Crippen LogP contribution is 2.31. The monoisotopic (exact) mass is 308 g/mol. The first kappa shape index (κ1) is 14.0. The molecule has 21 heavy (non-hydrogen) atoms. The van der Waals surface area contributed by atoms with Crippen LogP contribution in [0.4, 0.5) is 14.9 Å². The number of urea groups is 1. The molecule has 0 bridgehead atoms. The van der Waals surface area contributed by atoms with Crippen LogP contribution >= 0.6 is 11.6 Å². The van der Waals surface area contributed by atoms with Gasteiger partial charge in [-0.15, -0.1) is 0 Å². The maximum Gasteiger partial charge on any atom is 0.322 e. The van der Waals surface area contributed by atoms with Gasteiger partial charge in [0.05, 0.1) is 11.7 Å². The van der Waals surface area contributed by atoms with E-state index in [0.717, 1.165) is 6.42 Å². The van der Waals surface area contributed by atoms with Crippen LogP contribution in [-0.4, -0.2) is 41.5 Å². The number of nitriles is 1. The molecule has 0 saturated carbocycles. The maximum absolute atomic E-state index is 13.7. The zero-order valence-corrected chi connectivity index (χ0v) is 12.0. The predicted octanol–water partition coefficient (Wildman–Crippen LogP) is 2.50. The average Bonchev–Trinajstić information content (AvgIpc) is 3.02. The molecule has 2 aliphatic heterocycles. The smallest absolute Gasteiger partial charge is 0.319 e. The number of anilines is 1. The second kappa shape index (κ2) is 5.41. The first-order valence-electron chi connectivity index (χ1n) is 6.76. The lowest BCUT2D eigenvalue weighted by Gasteiger charge is -2.24. The molecule has 0 aliphatic carbocycles. The molecule has 2 amide bonds. The number of rotatable bonds is 1. The minimum atomic E-state index is -0.520. The summed E-state index contributed by atoms with van der Waals surface area (Å²) in [6.45, 7) is 1.87. The molecule has 0 radical (unpaired) electrons. The second-order valence-corrected chi connectivity index (χ2v) is 5.81. The molecule has 5 nitrogen and oxygen atoms in total. The van der Waals surface area contributed by atoms with E-state index < -0.39 is 5.82 Å². The van der Waals surface area contributed by atoms with Crippen LogP contribution in [0.2, 0.25) is 5.02 Å². The van der Waals surface area contributed by atoms with E-state index >= 15 is 0 Å². The zero-order chi connectivity index (χ0) is 15.0. The molecule has 0 aromatic heterocycles. The van der Waals surface area contributed by atoms with Crippen LogP contribution in [0.25, 0.3) is 0 Å². The van der Waals surface area contributed by atoms with Gasteiger partial charge in [-0.2, -0.15) is 5.26 Å². The fourth-order valence-electron chi connectivity index (χ4n) is 3.08. The number of carbonyl (C=O) groups is 1. The fraction of sp³-hybridized carbons (Fsp3) is 0.429. The Kier molecular flexibility index (Phi) is 3.60. The van der Waals surface area contributed by atoms with Gasteiger partial charge < -0.3 is 15.1 Å². The van der Waals surface area contributed by atoms with Crippen LogP contribution in [-0.2, 0) is 0 Å². The Morgan fingerprint density at radius 3 is 3.05 bits per heavy atom. The quantitative estimate of drug-likeness (QED) is 0.811. The van der Waals surface area contributed by atoms with Gasteiger partial charge in [0, 0.05) is 30.6 Å². The fourth-order valence-corrected chi connectivity index (χ4v) is 3.25. The third kappa shape index (κ3) is 2.61. The van der Waals surface area contributed by atoms with Gasteiger partial charge in [-0.3, -0.25) is 0 Å². The highest BCUT2D eigenvalue weighted by atomic mass is 35.5. The number of fused-ring (bicyclic) bond motifs is 1. The minimum Gasteiger partial charge on any atom is -0.319 e. The lowest BCUT2D eigenvalue weighted by molar-refractivity contribution is 0.203. The number of hydrogen-bond donors (Lipinski definition) is 1. The molecule has 2 aliphatic rings. The number of carbonyl (C=O) groups excluding carboxylic acids is 1. The maximum atomic E-state index is 13.7. The summed E-state index contributed by atoms with van der Waals surface area (Å²) >= 11 is 5.81. The van der Waals surface area contributed by atoms with Crippen molar-refractivity contribution in [1.82, 2.24) is 9.80 Å². The van der Waals surface area contributed by atoms with Gasteiger partial charge in [0.1, 0.15) is 5.82 Å². The number of halogens is 2. The van der Waals surface area contributed by atoms with E-state index in [9.17, 15) is 9.18 Å². The average molecular weight is 309 g/mol. The van der Waals surface area contributed by atoms with Gasteiger partial charge in [-0.1, -0.05) is 11.6 Å². The van der Waals surface area contributed by atoms with Crippen molar-refractivity contribution in [3.05, 3.63) is 29.0 Å². The van der Waals surface area contributed by atoms with Crippen molar-refractivity contribution in [2.75, 3.05) is 25.0 Å². The van der Waals surface area contributed by atoms with Gasteiger partial charge in [-0.25, -0.2) is 9.18 Å². The third-order valence-corrected chi connectivity index (χ3v) is 4.36. The number of likely N-dealkylation sites (tertiary alicyclic amines) is 2. The Hall–Kier alpha value is -2.00. The molecule has 2 heterocycles. The largest absolute Gasteiger partial charge is 0.322 e. The summed E-state index contributed by atoms with van der Waals surface area (Å²) in [6, 6.07) is 3.71. The van der Waals surface area contributed by atoms with Crippen molar-refractivity contribution < 1.29 is 9.18 Å². The molecule has 2 atom stereocenters. The predicted molar refractivity (Wildman–Crippen MR) is 76.2 cm³/mol. The van der Waals surface area contributed by atoms with Gasteiger partial charge in [0.25, 0.3) is 0 Å². The summed E-state index contributed by atoms with van der Waals surface area (Å²) in [7, 11) is 0. The van der Waals surface area contributed by atoms with E-state index in [1.165, 1.54) is 18.2 Å². The summed E-state index contributed by atoms with van der Waals surface area (Å²) in [5.74, 6) is -0.201. The van der Waals surface area contributed by atoms with E-state index in [1.807, 2.05) is 0 Å². The van der Waals surface area contributed by atoms with Gasteiger partial charge >= 0.3 is 6.03 Å². The highest BCUT2D eigenvalue weighted by Gasteiger charge is 2.43. The number of nitrogens with zero attached hydrogens (tertiary/aromatic N) is 3. The van der Waals surface area contributed by atoms with E-state index in [4.69, 9.17) is 16.9 Å². The second-order valence-electron chi connectivity index (χ2n) is 5.37. The molecule has 3 rings (SSSR count). The summed E-state index contributed by atoms with van der Waals surface area (Å²) in [5, 5.41) is 11.9. The van der Waals surface area contributed by atoms with E-state index in [2.05, 4.69) is 11.5 Å². The normalized spacial score (nSPS) is 23.9. The zero-order valence-electron chi connectivity index (χ0n) is 11.2. The Morgan fingerprint density at radius 1 is 1.48 bits per heavy atom. The molecule has 1 N–H and O–H groups in total. The van der Waals surface area contributed by atoms with E-state index in [-0.39, 0.29) is 17.8 Å². The van der Waals surface area contributed by atoms with Crippen molar-refractivity contribution in [2.24, 2.45) is 5.92 Å². The Labute approximate surface area is 126 Å². The topological polar surface area (TPSA) is 59.4 Å². The van der Waals surface area contributed by atoms with Crippen LogP contribution in [0.5, 0.6) is 0 Å². The van der Waals surface area contributed by atoms with E-state index in [0.29, 0.717) is 30.6 Å². The molecule has 1 aromatic rings. The van der Waals surface area contributed by atoms with Gasteiger partial charge in [-0.05, 0) is 24.6 Å².